The molecule has 4 heteroatoms. The van der Waals surface area contributed by atoms with E-state index in [0.717, 1.165) is 24.3 Å². The summed E-state index contributed by atoms with van der Waals surface area (Å²) in [6, 6.07) is 3.98. The Morgan fingerprint density at radius 3 is 2.59 bits per heavy atom. The molecule has 0 spiro atoms. The van der Waals surface area contributed by atoms with Crippen LogP contribution in [0, 0.1) is 13.8 Å². The molecule has 1 aromatic carbocycles. The van der Waals surface area contributed by atoms with Crippen molar-refractivity contribution in [2.24, 2.45) is 0 Å². The summed E-state index contributed by atoms with van der Waals surface area (Å²) in [6.07, 6.45) is 1.75. The number of nitrogens with one attached hydrogen (secondary N) is 1. The fourth-order valence-electron chi connectivity index (χ4n) is 1.62. The van der Waals surface area contributed by atoms with Crippen LogP contribution in [-0.2, 0) is 4.79 Å². The predicted octanol–water partition coefficient (Wildman–Crippen LogP) is 2.55. The summed E-state index contributed by atoms with van der Waals surface area (Å²) in [4.78, 5) is 10.3. The lowest BCUT2D eigenvalue weighted by atomic mass is 10.1. The van der Waals surface area contributed by atoms with E-state index in [9.17, 15) is 4.79 Å². The first-order valence-corrected chi connectivity index (χ1v) is 5.83. The number of carboxylic acids is 1. The van der Waals surface area contributed by atoms with Gasteiger partial charge >= 0.3 is 5.97 Å². The van der Waals surface area contributed by atoms with Gasteiger partial charge in [0.2, 0.25) is 0 Å². The molecule has 1 aromatic rings. The first kappa shape index (κ1) is 13.4. The molecule has 0 radical (unpaired) electrons. The lowest BCUT2D eigenvalue weighted by molar-refractivity contribution is -0.137. The van der Waals surface area contributed by atoms with Gasteiger partial charge in [-0.25, -0.2) is 0 Å². The Morgan fingerprint density at radius 1 is 1.29 bits per heavy atom. The molecule has 94 valence electrons. The van der Waals surface area contributed by atoms with Crippen molar-refractivity contribution in [2.75, 3.05) is 17.6 Å². The molecule has 0 unspecified atom stereocenters. The molecule has 0 atom stereocenters. The van der Waals surface area contributed by atoms with Gasteiger partial charge in [0.1, 0.15) is 0 Å². The molecule has 4 N–H and O–H groups in total. The number of benzene rings is 1. The van der Waals surface area contributed by atoms with Crippen LogP contribution >= 0.6 is 0 Å². The van der Waals surface area contributed by atoms with Gasteiger partial charge in [-0.05, 0) is 49.9 Å². The van der Waals surface area contributed by atoms with Crippen LogP contribution in [0.5, 0.6) is 0 Å². The molecule has 0 fully saturated rings. The second-order valence-electron chi connectivity index (χ2n) is 4.30. The van der Waals surface area contributed by atoms with E-state index in [1.54, 1.807) is 0 Å². The van der Waals surface area contributed by atoms with Crippen molar-refractivity contribution in [3.05, 3.63) is 23.3 Å². The number of anilines is 2. The number of nitrogen functional groups attached to an aromatic ring is 1. The molecular formula is C13H20N2O2. The van der Waals surface area contributed by atoms with Crippen molar-refractivity contribution >= 4 is 17.3 Å². The fourth-order valence-corrected chi connectivity index (χ4v) is 1.62. The monoisotopic (exact) mass is 236 g/mol. The molecule has 0 aliphatic heterocycles. The number of carbonyl (C=O) groups is 1. The van der Waals surface area contributed by atoms with E-state index in [1.807, 2.05) is 26.0 Å². The quantitative estimate of drug-likeness (QED) is 0.524. The third-order valence-electron chi connectivity index (χ3n) is 2.80. The Balaban J connectivity index is 2.41. The van der Waals surface area contributed by atoms with Crippen LogP contribution in [0.1, 0.15) is 30.4 Å². The average Bonchev–Trinajstić information content (AvgIpc) is 2.24. The van der Waals surface area contributed by atoms with E-state index < -0.39 is 5.97 Å². The van der Waals surface area contributed by atoms with E-state index in [1.165, 1.54) is 11.1 Å². The molecule has 0 amide bonds. The summed E-state index contributed by atoms with van der Waals surface area (Å²) in [5.74, 6) is -0.740. The van der Waals surface area contributed by atoms with Gasteiger partial charge in [0.15, 0.2) is 0 Å². The first-order valence-electron chi connectivity index (χ1n) is 5.83. The van der Waals surface area contributed by atoms with Gasteiger partial charge in [0, 0.05) is 13.0 Å². The topological polar surface area (TPSA) is 75.3 Å². The van der Waals surface area contributed by atoms with Gasteiger partial charge < -0.3 is 16.2 Å². The third kappa shape index (κ3) is 4.34. The number of unbranched alkanes of at least 4 members (excludes halogenated alkanes) is 1. The lowest BCUT2D eigenvalue weighted by Crippen LogP contribution is -2.06. The molecule has 0 aliphatic rings. The van der Waals surface area contributed by atoms with E-state index in [4.69, 9.17) is 10.8 Å². The second kappa shape index (κ2) is 6.13. The molecule has 0 bridgehead atoms. The largest absolute Gasteiger partial charge is 0.481 e. The highest BCUT2D eigenvalue weighted by Gasteiger charge is 2.02. The Morgan fingerprint density at radius 2 is 1.94 bits per heavy atom. The zero-order valence-corrected chi connectivity index (χ0v) is 10.4. The van der Waals surface area contributed by atoms with Crippen LogP contribution in [0.3, 0.4) is 0 Å². The maximum absolute atomic E-state index is 10.3. The van der Waals surface area contributed by atoms with Crippen LogP contribution < -0.4 is 11.1 Å². The number of rotatable bonds is 6. The molecule has 0 aliphatic carbocycles. The minimum atomic E-state index is -0.740. The molecule has 4 nitrogen and oxygen atoms in total. The molecule has 1 rings (SSSR count). The number of aliphatic carboxylic acids is 1. The highest BCUT2D eigenvalue weighted by atomic mass is 16.4. The summed E-state index contributed by atoms with van der Waals surface area (Å²) in [7, 11) is 0. The number of nitrogens with two attached hydrogens (primary N) is 1. The van der Waals surface area contributed by atoms with E-state index in [-0.39, 0.29) is 6.42 Å². The highest BCUT2D eigenvalue weighted by molar-refractivity contribution is 5.68. The summed E-state index contributed by atoms with van der Waals surface area (Å²) in [5, 5.41) is 11.7. The number of hydrogen-bond donors (Lipinski definition) is 3. The van der Waals surface area contributed by atoms with Crippen molar-refractivity contribution in [1.29, 1.82) is 0 Å². The molecule has 0 heterocycles. The van der Waals surface area contributed by atoms with Crippen LogP contribution in [0.4, 0.5) is 11.4 Å². The summed E-state index contributed by atoms with van der Waals surface area (Å²) >= 11 is 0. The normalized spacial score (nSPS) is 10.2. The van der Waals surface area contributed by atoms with Gasteiger partial charge in [0.05, 0.1) is 11.4 Å². The van der Waals surface area contributed by atoms with E-state index >= 15 is 0 Å². The number of aryl methyl sites for hydroxylation is 2. The van der Waals surface area contributed by atoms with Gasteiger partial charge in [-0.15, -0.1) is 0 Å². The van der Waals surface area contributed by atoms with Crippen molar-refractivity contribution in [3.63, 3.8) is 0 Å². The van der Waals surface area contributed by atoms with Crippen LogP contribution in [0.15, 0.2) is 12.1 Å². The van der Waals surface area contributed by atoms with Gasteiger partial charge in [-0.2, -0.15) is 0 Å². The first-order chi connectivity index (χ1) is 8.00. The van der Waals surface area contributed by atoms with E-state index in [0.29, 0.717) is 6.42 Å². The second-order valence-corrected chi connectivity index (χ2v) is 4.30. The molecule has 17 heavy (non-hydrogen) atoms. The van der Waals surface area contributed by atoms with Crippen LogP contribution in [0.25, 0.3) is 0 Å². The third-order valence-corrected chi connectivity index (χ3v) is 2.80. The van der Waals surface area contributed by atoms with Gasteiger partial charge in [-0.3, -0.25) is 4.79 Å². The summed E-state index contributed by atoms with van der Waals surface area (Å²) in [5.41, 5.74) is 9.95. The SMILES string of the molecule is Cc1cc(N)c(NCCCCC(=O)O)cc1C. The van der Waals surface area contributed by atoms with Crippen molar-refractivity contribution in [3.8, 4) is 0 Å². The maximum atomic E-state index is 10.3. The van der Waals surface area contributed by atoms with Gasteiger partial charge in [0.25, 0.3) is 0 Å². The smallest absolute Gasteiger partial charge is 0.303 e. The summed E-state index contributed by atoms with van der Waals surface area (Å²) < 4.78 is 0. The predicted molar refractivity (Wildman–Crippen MR) is 70.3 cm³/mol. The number of hydrogen-bond acceptors (Lipinski definition) is 3. The maximum Gasteiger partial charge on any atom is 0.303 e. The molecule has 0 aromatic heterocycles. The highest BCUT2D eigenvalue weighted by Crippen LogP contribution is 2.22. The lowest BCUT2D eigenvalue weighted by Gasteiger charge is -2.11. The Bertz CT molecular complexity index is 403. The Kier molecular flexibility index (Phi) is 4.82. The molecule has 0 saturated carbocycles. The molecular weight excluding hydrogens is 216 g/mol. The van der Waals surface area contributed by atoms with Crippen molar-refractivity contribution < 1.29 is 9.90 Å². The average molecular weight is 236 g/mol. The van der Waals surface area contributed by atoms with Crippen LogP contribution in [-0.4, -0.2) is 17.6 Å². The Hall–Kier alpha value is -1.71. The Labute approximate surface area is 102 Å². The van der Waals surface area contributed by atoms with Gasteiger partial charge in [-0.1, -0.05) is 0 Å². The van der Waals surface area contributed by atoms with E-state index in [2.05, 4.69) is 5.32 Å². The van der Waals surface area contributed by atoms with Crippen LogP contribution in [0.2, 0.25) is 0 Å². The minimum absolute atomic E-state index is 0.226. The summed E-state index contributed by atoms with van der Waals surface area (Å²) in [6.45, 7) is 4.83. The van der Waals surface area contributed by atoms with Crippen molar-refractivity contribution in [2.45, 2.75) is 33.1 Å². The number of carboxylic acid groups (broad SMARTS) is 1. The van der Waals surface area contributed by atoms with Crippen molar-refractivity contribution in [1.82, 2.24) is 0 Å². The minimum Gasteiger partial charge on any atom is -0.481 e. The standard InChI is InChI=1S/C13H20N2O2/c1-9-7-11(14)12(8-10(9)2)15-6-4-3-5-13(16)17/h7-8,15H,3-6,14H2,1-2H3,(H,16,17). The molecule has 0 saturated heterocycles. The zero-order valence-electron chi connectivity index (χ0n) is 10.4. The zero-order chi connectivity index (χ0) is 12.8. The fraction of sp³-hybridized carbons (Fsp3) is 0.462.